The van der Waals surface area contributed by atoms with Crippen LogP contribution in [-0.2, 0) is 28.2 Å². The van der Waals surface area contributed by atoms with Crippen molar-refractivity contribution in [1.82, 2.24) is 29.5 Å². The monoisotopic (exact) mass is 716 g/mol. The maximum Gasteiger partial charge on any atom is 0.232 e. The predicted molar refractivity (Wildman–Crippen MR) is 190 cm³/mol. The number of ether oxygens (including phenoxy) is 3. The first-order valence-electron chi connectivity index (χ1n) is 16.9. The third-order valence-electron chi connectivity index (χ3n) is 9.26. The van der Waals surface area contributed by atoms with E-state index in [9.17, 15) is 8.42 Å². The Morgan fingerprint density at radius 1 is 1.02 bits per heavy atom. The van der Waals surface area contributed by atoms with Crippen LogP contribution in [0.3, 0.4) is 0 Å². The second-order valence-corrected chi connectivity index (χ2v) is 15.1. The molecule has 0 N–H and O–H groups in total. The van der Waals surface area contributed by atoms with Gasteiger partial charge in [-0.3, -0.25) is 4.68 Å². The molecular weight excluding hydrogens is 676 g/mol. The second-order valence-electron chi connectivity index (χ2n) is 12.9. The summed E-state index contributed by atoms with van der Waals surface area (Å²) in [5, 5.41) is 8.96. The number of aromatic nitrogens is 6. The average molecular weight is 717 g/mol. The van der Waals surface area contributed by atoms with E-state index in [2.05, 4.69) is 5.10 Å². The fraction of sp³-hybridized carbons (Fsp3) is 0.389. The largest absolute Gasteiger partial charge is 0.497 e. The number of sulfone groups is 1. The molecule has 5 aromatic rings. The number of methoxy groups -OCH3 is 2. The van der Waals surface area contributed by atoms with Gasteiger partial charge in [0.25, 0.3) is 0 Å². The normalized spacial score (nSPS) is 16.2. The summed E-state index contributed by atoms with van der Waals surface area (Å²) in [4.78, 5) is 13.3. The van der Waals surface area contributed by atoms with E-state index in [1.165, 1.54) is 17.0 Å². The molecule has 1 aliphatic heterocycles. The molecule has 7 rings (SSSR count). The molecule has 268 valence electrons. The highest BCUT2D eigenvalue weighted by atomic mass is 32.2. The van der Waals surface area contributed by atoms with Gasteiger partial charge in [-0.2, -0.15) is 15.2 Å². The van der Waals surface area contributed by atoms with Crippen molar-refractivity contribution in [2.75, 3.05) is 37.7 Å². The third kappa shape index (κ3) is 6.87. The summed E-state index contributed by atoms with van der Waals surface area (Å²) in [6.07, 6.45) is 7.37. The SMILES string of the molecule is COc1ccc(CN(c2cc(C)n(C3CCCCO3)n2)c2nc(N(C)c3ccc(S(=O)(=O)C4CC4)cc3F)nc(-c3cnn(C)c3)c2OC)cc1. The molecule has 1 atom stereocenters. The summed E-state index contributed by atoms with van der Waals surface area (Å²) in [5.41, 5.74) is 3.04. The van der Waals surface area contributed by atoms with Crippen LogP contribution < -0.4 is 19.3 Å². The first-order chi connectivity index (χ1) is 24.6. The number of hydrogen-bond donors (Lipinski definition) is 0. The lowest BCUT2D eigenvalue weighted by Crippen LogP contribution is -2.24. The summed E-state index contributed by atoms with van der Waals surface area (Å²) in [7, 11) is 3.03. The first-order valence-corrected chi connectivity index (χ1v) is 18.4. The zero-order valence-corrected chi connectivity index (χ0v) is 30.1. The lowest BCUT2D eigenvalue weighted by Gasteiger charge is -2.27. The smallest absolute Gasteiger partial charge is 0.232 e. The minimum atomic E-state index is -3.59. The molecule has 15 heteroatoms. The topological polar surface area (TPSA) is 130 Å². The van der Waals surface area contributed by atoms with E-state index in [0.29, 0.717) is 54.6 Å². The molecule has 1 unspecified atom stereocenters. The van der Waals surface area contributed by atoms with Crippen LogP contribution in [0.2, 0.25) is 0 Å². The van der Waals surface area contributed by atoms with Gasteiger partial charge in [-0.15, -0.1) is 0 Å². The van der Waals surface area contributed by atoms with Crippen molar-refractivity contribution in [3.05, 3.63) is 78.0 Å². The van der Waals surface area contributed by atoms with Crippen LogP contribution in [0, 0.1) is 12.7 Å². The van der Waals surface area contributed by atoms with Crippen LogP contribution in [0.25, 0.3) is 11.3 Å². The van der Waals surface area contributed by atoms with Crippen molar-refractivity contribution < 1.29 is 27.0 Å². The number of hydrogen-bond acceptors (Lipinski definition) is 11. The molecule has 0 spiro atoms. The summed E-state index contributed by atoms with van der Waals surface area (Å²) in [6.45, 7) is 2.99. The molecular formula is C36H41FN8O5S. The van der Waals surface area contributed by atoms with Crippen LogP contribution >= 0.6 is 0 Å². The number of nitrogens with zero attached hydrogens (tertiary/aromatic N) is 8. The highest BCUT2D eigenvalue weighted by Gasteiger charge is 2.37. The number of anilines is 4. The van der Waals surface area contributed by atoms with Crippen LogP contribution in [0.4, 0.5) is 27.7 Å². The van der Waals surface area contributed by atoms with Crippen LogP contribution in [0.15, 0.2) is 65.8 Å². The van der Waals surface area contributed by atoms with Gasteiger partial charge in [0, 0.05) is 44.2 Å². The number of aryl methyl sites for hydroxylation is 2. The van der Waals surface area contributed by atoms with Gasteiger partial charge in [-0.25, -0.2) is 22.5 Å². The molecule has 2 aliphatic rings. The maximum atomic E-state index is 15.8. The molecule has 3 aromatic heterocycles. The highest BCUT2D eigenvalue weighted by molar-refractivity contribution is 7.92. The van der Waals surface area contributed by atoms with Crippen LogP contribution in [-0.4, -0.2) is 71.1 Å². The van der Waals surface area contributed by atoms with Crippen molar-refractivity contribution >= 4 is 33.1 Å². The molecule has 1 saturated carbocycles. The Labute approximate surface area is 296 Å². The first kappa shape index (κ1) is 34.4. The Morgan fingerprint density at radius 2 is 1.80 bits per heavy atom. The lowest BCUT2D eigenvalue weighted by atomic mass is 10.1. The second kappa shape index (κ2) is 13.9. The summed E-state index contributed by atoms with van der Waals surface area (Å²) >= 11 is 0. The van der Waals surface area contributed by atoms with E-state index in [-0.39, 0.29) is 22.8 Å². The predicted octanol–water partition coefficient (Wildman–Crippen LogP) is 6.28. The average Bonchev–Trinajstić information content (AvgIpc) is 3.82. The van der Waals surface area contributed by atoms with E-state index < -0.39 is 20.9 Å². The molecule has 51 heavy (non-hydrogen) atoms. The molecule has 0 amide bonds. The van der Waals surface area contributed by atoms with Crippen molar-refractivity contribution in [3.63, 3.8) is 0 Å². The molecule has 0 bridgehead atoms. The van der Waals surface area contributed by atoms with Gasteiger partial charge >= 0.3 is 0 Å². The van der Waals surface area contributed by atoms with E-state index in [1.807, 2.05) is 53.0 Å². The van der Waals surface area contributed by atoms with E-state index >= 15 is 4.39 Å². The number of benzene rings is 2. The zero-order valence-electron chi connectivity index (χ0n) is 29.3. The van der Waals surface area contributed by atoms with Gasteiger partial charge in [-0.1, -0.05) is 12.1 Å². The van der Waals surface area contributed by atoms with Crippen molar-refractivity contribution in [1.29, 1.82) is 0 Å². The molecule has 2 fully saturated rings. The number of halogens is 1. The molecule has 1 saturated heterocycles. The Morgan fingerprint density at radius 3 is 2.43 bits per heavy atom. The minimum Gasteiger partial charge on any atom is -0.497 e. The van der Waals surface area contributed by atoms with Gasteiger partial charge in [-0.05, 0) is 74.9 Å². The van der Waals surface area contributed by atoms with E-state index in [4.69, 9.17) is 29.3 Å². The van der Waals surface area contributed by atoms with E-state index in [1.54, 1.807) is 39.2 Å². The Bertz CT molecular complexity index is 2140. The third-order valence-corrected chi connectivity index (χ3v) is 11.5. The van der Waals surface area contributed by atoms with Crippen molar-refractivity contribution in [2.45, 2.75) is 61.9 Å². The fourth-order valence-corrected chi connectivity index (χ4v) is 7.96. The standard InChI is InChI=1S/C36H41FN8O5S/c1-23-18-31(41-45(23)32-8-6-7-17-50-32)44(21-24-9-11-26(48-4)12-10-24)35-34(49-5)33(25-20-38-42(2)22-25)39-36(40-35)43(3)30-16-15-28(19-29(30)37)51(46,47)27-13-14-27/h9-12,15-16,18-20,22,27,32H,6-8,13-14,17,21H2,1-5H3. The fourth-order valence-electron chi connectivity index (χ4n) is 6.29. The quantitative estimate of drug-likeness (QED) is 0.145. The van der Waals surface area contributed by atoms with Crippen LogP contribution in [0.5, 0.6) is 11.5 Å². The summed E-state index contributed by atoms with van der Waals surface area (Å²) in [6, 6.07) is 13.7. The van der Waals surface area contributed by atoms with Gasteiger partial charge in [0.15, 0.2) is 33.5 Å². The molecule has 13 nitrogen and oxygen atoms in total. The number of rotatable bonds is 12. The summed E-state index contributed by atoms with van der Waals surface area (Å²) in [5.74, 6) is 1.50. The van der Waals surface area contributed by atoms with Crippen molar-refractivity contribution in [3.8, 4) is 22.8 Å². The van der Waals surface area contributed by atoms with Crippen molar-refractivity contribution in [2.24, 2.45) is 7.05 Å². The van der Waals surface area contributed by atoms with Gasteiger partial charge in [0.2, 0.25) is 5.95 Å². The summed E-state index contributed by atoms with van der Waals surface area (Å²) < 4.78 is 62.7. The van der Waals surface area contributed by atoms with E-state index in [0.717, 1.165) is 42.3 Å². The molecule has 4 heterocycles. The maximum absolute atomic E-state index is 15.8. The van der Waals surface area contributed by atoms with Gasteiger partial charge in [0.1, 0.15) is 17.3 Å². The minimum absolute atomic E-state index is 0.0365. The Balaban J connectivity index is 1.38. The molecule has 1 aliphatic carbocycles. The van der Waals surface area contributed by atoms with Gasteiger partial charge in [0.05, 0.1) is 42.8 Å². The highest BCUT2D eigenvalue weighted by Crippen LogP contribution is 2.43. The van der Waals surface area contributed by atoms with Gasteiger partial charge < -0.3 is 24.0 Å². The Kier molecular flexibility index (Phi) is 9.42. The van der Waals surface area contributed by atoms with Crippen LogP contribution in [0.1, 0.15) is 49.6 Å². The Hall–Kier alpha value is -5.02. The zero-order chi connectivity index (χ0) is 35.9. The lowest BCUT2D eigenvalue weighted by molar-refractivity contribution is -0.0405. The molecule has 0 radical (unpaired) electrons. The molecule has 2 aromatic carbocycles.